The minimum atomic E-state index is -0.0274. The number of benzene rings is 2. The van der Waals surface area contributed by atoms with Crippen molar-refractivity contribution in [2.45, 2.75) is 25.8 Å². The van der Waals surface area contributed by atoms with Crippen LogP contribution in [0.2, 0.25) is 0 Å². The lowest BCUT2D eigenvalue weighted by Gasteiger charge is -2.35. The van der Waals surface area contributed by atoms with Crippen LogP contribution in [0, 0.1) is 5.92 Å². The molecule has 0 radical (unpaired) electrons. The summed E-state index contributed by atoms with van der Waals surface area (Å²) in [5.74, 6) is 0.775. The van der Waals surface area contributed by atoms with E-state index in [1.165, 1.54) is 16.7 Å². The minimum Gasteiger partial charge on any atom is -0.304 e. The second-order valence-corrected chi connectivity index (χ2v) is 11.1. The van der Waals surface area contributed by atoms with E-state index in [1.54, 1.807) is 6.20 Å². The van der Waals surface area contributed by atoms with Crippen LogP contribution in [-0.4, -0.2) is 21.0 Å². The molecule has 0 saturated carbocycles. The standard InChI is InChI=1S/C40H36N4/c1-5-15-28(2)29(3)16-13-21-32-26-30(4)44(37-24-12-10-20-34(37)27-33-19-9-11-22-35(32)33)40-42-38(31-17-7-6-8-18-31)36-23-14-25-41-39(36)43-40/h5-20,22-26,34,37H,2-4,21,27H2,1H3/b15-5-,16-13-,32-26-/t34-,37?/m0/s1. The summed E-state index contributed by atoms with van der Waals surface area (Å²) in [6, 6.07) is 22.9. The smallest absolute Gasteiger partial charge is 0.233 e. The minimum absolute atomic E-state index is 0.0274. The number of nitrogens with zero attached hydrogens (tertiary/aromatic N) is 4. The number of pyridine rings is 1. The summed E-state index contributed by atoms with van der Waals surface area (Å²) in [7, 11) is 0. The Hall–Kier alpha value is -5.35. The molecule has 2 atom stereocenters. The van der Waals surface area contributed by atoms with Gasteiger partial charge in [0.1, 0.15) is 0 Å². The molecule has 2 aromatic heterocycles. The van der Waals surface area contributed by atoms with Crippen molar-refractivity contribution in [3.8, 4) is 11.3 Å². The number of hydrogen-bond donors (Lipinski definition) is 0. The first-order chi connectivity index (χ1) is 21.5. The molecule has 1 aliphatic carbocycles. The fourth-order valence-electron chi connectivity index (χ4n) is 5.96. The van der Waals surface area contributed by atoms with Crippen molar-refractivity contribution in [1.82, 2.24) is 15.0 Å². The molecule has 44 heavy (non-hydrogen) atoms. The van der Waals surface area contributed by atoms with Crippen molar-refractivity contribution in [2.75, 3.05) is 4.90 Å². The van der Waals surface area contributed by atoms with E-state index < -0.39 is 0 Å². The maximum atomic E-state index is 5.22. The van der Waals surface area contributed by atoms with Gasteiger partial charge in [0, 0.05) is 28.8 Å². The number of hydrogen-bond acceptors (Lipinski definition) is 4. The molecule has 4 aromatic rings. The van der Waals surface area contributed by atoms with Gasteiger partial charge in [-0.3, -0.25) is 0 Å². The monoisotopic (exact) mass is 572 g/mol. The molecule has 1 unspecified atom stereocenters. The van der Waals surface area contributed by atoms with E-state index in [2.05, 4.69) is 109 Å². The van der Waals surface area contributed by atoms with Crippen LogP contribution in [0.25, 0.3) is 27.9 Å². The predicted octanol–water partition coefficient (Wildman–Crippen LogP) is 9.40. The van der Waals surface area contributed by atoms with Crippen LogP contribution in [0.5, 0.6) is 0 Å². The molecular formula is C40H36N4. The molecule has 0 fully saturated rings. The van der Waals surface area contributed by atoms with E-state index in [0.717, 1.165) is 39.9 Å². The number of anilines is 1. The van der Waals surface area contributed by atoms with Crippen molar-refractivity contribution in [3.05, 3.63) is 175 Å². The number of fused-ring (bicyclic) bond motifs is 3. The van der Waals surface area contributed by atoms with Crippen LogP contribution >= 0.6 is 0 Å². The van der Waals surface area contributed by atoms with E-state index in [9.17, 15) is 0 Å². The molecule has 0 amide bonds. The van der Waals surface area contributed by atoms with Crippen molar-refractivity contribution < 1.29 is 0 Å². The lowest BCUT2D eigenvalue weighted by atomic mass is 9.85. The number of aromatic nitrogens is 3. The van der Waals surface area contributed by atoms with Gasteiger partial charge in [-0.1, -0.05) is 123 Å². The molecule has 0 N–H and O–H groups in total. The molecular weight excluding hydrogens is 536 g/mol. The fourth-order valence-corrected chi connectivity index (χ4v) is 5.96. The van der Waals surface area contributed by atoms with Crippen molar-refractivity contribution in [2.24, 2.45) is 5.92 Å². The molecule has 2 aliphatic rings. The van der Waals surface area contributed by atoms with Gasteiger partial charge in [-0.15, -0.1) is 0 Å². The molecule has 0 bridgehead atoms. The maximum Gasteiger partial charge on any atom is 0.233 e. The molecule has 1 aliphatic heterocycles. The summed E-state index contributed by atoms with van der Waals surface area (Å²) in [6.45, 7) is 14.9. The highest BCUT2D eigenvalue weighted by atomic mass is 15.3. The normalized spacial score (nSPS) is 19.2. The predicted molar refractivity (Wildman–Crippen MR) is 185 cm³/mol. The molecule has 6 rings (SSSR count). The zero-order valence-electron chi connectivity index (χ0n) is 25.1. The lowest BCUT2D eigenvalue weighted by molar-refractivity contribution is 0.544. The third kappa shape index (κ3) is 5.93. The van der Waals surface area contributed by atoms with Crippen molar-refractivity contribution >= 4 is 22.6 Å². The summed E-state index contributed by atoms with van der Waals surface area (Å²) >= 11 is 0. The third-order valence-corrected chi connectivity index (χ3v) is 8.14. The van der Waals surface area contributed by atoms with Crippen LogP contribution in [-0.2, 0) is 6.42 Å². The van der Waals surface area contributed by atoms with Crippen LogP contribution in [0.1, 0.15) is 24.5 Å². The lowest BCUT2D eigenvalue weighted by Crippen LogP contribution is -2.40. The Bertz CT molecular complexity index is 1890. The zero-order chi connectivity index (χ0) is 30.5. The van der Waals surface area contributed by atoms with E-state index in [1.807, 2.05) is 49.4 Å². The highest BCUT2D eigenvalue weighted by molar-refractivity contribution is 5.91. The Balaban J connectivity index is 1.49. The van der Waals surface area contributed by atoms with Crippen LogP contribution in [0.3, 0.4) is 0 Å². The van der Waals surface area contributed by atoms with E-state index in [0.29, 0.717) is 18.0 Å². The average Bonchev–Trinajstić information content (AvgIpc) is 3.10. The number of rotatable bonds is 7. The van der Waals surface area contributed by atoms with E-state index in [4.69, 9.17) is 9.97 Å². The summed E-state index contributed by atoms with van der Waals surface area (Å²) in [5, 5.41) is 0.918. The largest absolute Gasteiger partial charge is 0.304 e. The van der Waals surface area contributed by atoms with Gasteiger partial charge in [-0.25, -0.2) is 9.97 Å². The quantitative estimate of drug-likeness (QED) is 0.207. The zero-order valence-corrected chi connectivity index (χ0v) is 25.1. The van der Waals surface area contributed by atoms with Crippen LogP contribution < -0.4 is 4.90 Å². The summed E-state index contributed by atoms with van der Waals surface area (Å²) in [5.41, 5.74) is 8.87. The molecule has 3 heterocycles. The summed E-state index contributed by atoms with van der Waals surface area (Å²) < 4.78 is 0. The molecule has 0 saturated heterocycles. The topological polar surface area (TPSA) is 41.9 Å². The molecule has 216 valence electrons. The van der Waals surface area contributed by atoms with Crippen molar-refractivity contribution in [1.29, 1.82) is 0 Å². The first kappa shape index (κ1) is 28.8. The Kier molecular flexibility index (Phi) is 8.42. The Morgan fingerprint density at radius 1 is 0.909 bits per heavy atom. The van der Waals surface area contributed by atoms with Gasteiger partial charge in [-0.2, -0.15) is 4.98 Å². The van der Waals surface area contributed by atoms with Crippen molar-refractivity contribution in [3.63, 3.8) is 0 Å². The highest BCUT2D eigenvalue weighted by Gasteiger charge is 2.31. The van der Waals surface area contributed by atoms with E-state index >= 15 is 0 Å². The molecule has 4 nitrogen and oxygen atoms in total. The second-order valence-electron chi connectivity index (χ2n) is 11.1. The summed E-state index contributed by atoms with van der Waals surface area (Å²) in [6.07, 6.45) is 22.5. The molecule has 4 heteroatoms. The first-order valence-corrected chi connectivity index (χ1v) is 15.0. The van der Waals surface area contributed by atoms with Gasteiger partial charge in [0.05, 0.1) is 11.7 Å². The van der Waals surface area contributed by atoms with Gasteiger partial charge in [-0.05, 0) is 65.8 Å². The van der Waals surface area contributed by atoms with E-state index in [-0.39, 0.29) is 12.0 Å². The highest BCUT2D eigenvalue weighted by Crippen LogP contribution is 2.37. The SMILES string of the molecule is C=C(/C=C\C)C(=C)/C=C\C/C1=C/C(=C)N(c2nc(-c3ccccc3)c3cccnc3n2)C2C=CC=C[C@H]2Cc2ccccc21. The Labute approximate surface area is 260 Å². The second kappa shape index (κ2) is 12.9. The Morgan fingerprint density at radius 2 is 1.68 bits per heavy atom. The van der Waals surface area contributed by atoms with Gasteiger partial charge in [0.15, 0.2) is 5.65 Å². The van der Waals surface area contributed by atoms with Crippen LogP contribution in [0.4, 0.5) is 5.95 Å². The maximum absolute atomic E-state index is 5.22. The Morgan fingerprint density at radius 3 is 2.52 bits per heavy atom. The van der Waals surface area contributed by atoms with Gasteiger partial charge >= 0.3 is 0 Å². The number of allylic oxidation sites excluding steroid dienone is 10. The molecule has 0 spiro atoms. The van der Waals surface area contributed by atoms with Crippen LogP contribution in [0.15, 0.2) is 164 Å². The third-order valence-electron chi connectivity index (χ3n) is 8.14. The first-order valence-electron chi connectivity index (χ1n) is 15.0. The average molecular weight is 573 g/mol. The fraction of sp³-hybridized carbons (Fsp3) is 0.125. The summed E-state index contributed by atoms with van der Waals surface area (Å²) in [4.78, 5) is 17.1. The van der Waals surface area contributed by atoms with Gasteiger partial charge in [0.2, 0.25) is 5.95 Å². The molecule has 2 aromatic carbocycles. The van der Waals surface area contributed by atoms with Gasteiger partial charge < -0.3 is 4.90 Å². The van der Waals surface area contributed by atoms with Gasteiger partial charge in [0.25, 0.3) is 0 Å².